The largest absolute Gasteiger partial charge is 0.393 e. The lowest BCUT2D eigenvalue weighted by Crippen LogP contribution is -2.65. The molecule has 0 amide bonds. The molecule has 4 aliphatic carbocycles. The van der Waals surface area contributed by atoms with Crippen molar-refractivity contribution in [2.24, 2.45) is 52.3 Å². The third-order valence-corrected chi connectivity index (χ3v) is 17.7. The average molecular weight is 859 g/mol. The van der Waals surface area contributed by atoms with Crippen LogP contribution in [0.3, 0.4) is 0 Å². The lowest BCUT2D eigenvalue weighted by Gasteiger charge is -2.63. The Hall–Kier alpha value is -0.680. The summed E-state index contributed by atoms with van der Waals surface area (Å²) in [7, 11) is 0. The predicted molar refractivity (Wildman–Crippen MR) is 205 cm³/mol. The van der Waals surface area contributed by atoms with Gasteiger partial charge in [-0.2, -0.15) is 0 Å². The van der Waals surface area contributed by atoms with E-state index in [2.05, 4.69) is 20.8 Å². The van der Waals surface area contributed by atoms with E-state index in [0.29, 0.717) is 43.6 Å². The first-order valence-electron chi connectivity index (χ1n) is 22.7. The van der Waals surface area contributed by atoms with Crippen molar-refractivity contribution in [1.29, 1.82) is 0 Å². The van der Waals surface area contributed by atoms with Crippen LogP contribution in [-0.4, -0.2) is 176 Å². The molecule has 9 aliphatic rings. The number of fused-ring (bicyclic) bond motifs is 7. The molecule has 0 bridgehead atoms. The maximum Gasteiger partial charge on any atom is 0.187 e. The second-order valence-electron chi connectivity index (χ2n) is 20.8. The van der Waals surface area contributed by atoms with Crippen LogP contribution in [0.4, 0.5) is 0 Å². The molecule has 17 nitrogen and oxygen atoms in total. The van der Waals surface area contributed by atoms with Gasteiger partial charge in [0.05, 0.1) is 50.3 Å². The summed E-state index contributed by atoms with van der Waals surface area (Å²) in [5, 5.41) is 97.2. The van der Waals surface area contributed by atoms with E-state index in [-0.39, 0.29) is 48.4 Å². The predicted octanol–water partition coefficient (Wildman–Crippen LogP) is -0.486. The van der Waals surface area contributed by atoms with Crippen molar-refractivity contribution < 1.29 is 83.9 Å². The summed E-state index contributed by atoms with van der Waals surface area (Å²) in [5.74, 6) is 0.854. The molecule has 9 N–H and O–H groups in total. The normalized spacial score (nSPS) is 60.5. The first-order chi connectivity index (χ1) is 28.4. The van der Waals surface area contributed by atoms with E-state index < -0.39 is 109 Å². The molecule has 5 heterocycles. The van der Waals surface area contributed by atoms with Gasteiger partial charge in [-0.3, -0.25) is 0 Å². The Balaban J connectivity index is 0.986. The highest BCUT2D eigenvalue weighted by Gasteiger charge is 2.70. The quantitative estimate of drug-likeness (QED) is 0.163. The van der Waals surface area contributed by atoms with E-state index in [4.69, 9.17) is 37.9 Å². The average Bonchev–Trinajstić information content (AvgIpc) is 3.65. The first-order valence-corrected chi connectivity index (χ1v) is 22.7. The Morgan fingerprint density at radius 2 is 1.32 bits per heavy atom. The highest BCUT2D eigenvalue weighted by molar-refractivity contribution is 5.17. The summed E-state index contributed by atoms with van der Waals surface area (Å²) in [4.78, 5) is 0. The van der Waals surface area contributed by atoms with Crippen molar-refractivity contribution in [2.45, 2.75) is 196 Å². The molecule has 344 valence electrons. The molecule has 5 saturated heterocycles. The van der Waals surface area contributed by atoms with Gasteiger partial charge >= 0.3 is 0 Å². The molecule has 1 spiro atoms. The van der Waals surface area contributed by atoms with E-state index in [1.807, 2.05) is 6.92 Å². The number of rotatable bonds is 6. The molecule has 9 fully saturated rings. The molecule has 0 aromatic heterocycles. The zero-order valence-electron chi connectivity index (χ0n) is 35.4. The molecule has 0 radical (unpaired) electrons. The number of aliphatic hydroxyl groups is 9. The van der Waals surface area contributed by atoms with Crippen LogP contribution in [0.5, 0.6) is 0 Å². The van der Waals surface area contributed by atoms with Crippen LogP contribution in [-0.2, 0) is 37.9 Å². The second kappa shape index (κ2) is 16.3. The van der Waals surface area contributed by atoms with Gasteiger partial charge in [0, 0.05) is 24.7 Å². The number of hydrogen-bond acceptors (Lipinski definition) is 17. The fourth-order valence-corrected chi connectivity index (χ4v) is 14.2. The molecule has 0 unspecified atom stereocenters. The van der Waals surface area contributed by atoms with Crippen LogP contribution in [0.2, 0.25) is 0 Å². The Morgan fingerprint density at radius 1 is 0.617 bits per heavy atom. The van der Waals surface area contributed by atoms with Crippen molar-refractivity contribution in [2.75, 3.05) is 19.8 Å². The first kappa shape index (κ1) is 44.5. The number of hydrogen-bond donors (Lipinski definition) is 9. The van der Waals surface area contributed by atoms with Crippen LogP contribution >= 0.6 is 0 Å². The van der Waals surface area contributed by atoms with Crippen molar-refractivity contribution in [3.05, 3.63) is 0 Å². The minimum atomic E-state index is -1.72. The van der Waals surface area contributed by atoms with Gasteiger partial charge in [0.15, 0.2) is 24.7 Å². The zero-order chi connectivity index (χ0) is 42.8. The molecule has 60 heavy (non-hydrogen) atoms. The summed E-state index contributed by atoms with van der Waals surface area (Å²) in [6.07, 6.45) is -14.2. The van der Waals surface area contributed by atoms with Crippen LogP contribution in [0.25, 0.3) is 0 Å². The van der Waals surface area contributed by atoms with Gasteiger partial charge in [0.2, 0.25) is 0 Å². The summed E-state index contributed by atoms with van der Waals surface area (Å²) in [5.41, 5.74) is -0.405. The Morgan fingerprint density at radius 3 is 2.07 bits per heavy atom. The molecule has 27 atom stereocenters. The Kier molecular flexibility index (Phi) is 12.1. The van der Waals surface area contributed by atoms with Crippen molar-refractivity contribution in [1.82, 2.24) is 0 Å². The third-order valence-electron chi connectivity index (χ3n) is 17.7. The van der Waals surface area contributed by atoms with Crippen molar-refractivity contribution >= 4 is 0 Å². The third kappa shape index (κ3) is 7.07. The lowest BCUT2D eigenvalue weighted by molar-refractivity contribution is -0.385. The fraction of sp³-hybridized carbons (Fsp3) is 1.00. The second-order valence-corrected chi connectivity index (χ2v) is 20.8. The molecule has 5 aliphatic heterocycles. The summed E-state index contributed by atoms with van der Waals surface area (Å²) in [6.45, 7) is 10.3. The van der Waals surface area contributed by atoms with Crippen LogP contribution in [0, 0.1) is 52.3 Å². The Bertz CT molecular complexity index is 1530. The standard InChI is InChI=1S/C43H70O17/c1-17-14-55-43(13-25(17)45)18(2)30-28(60-43)12-24-22-7-6-20-10-21(44)11-29(42(20,5)23(22)8-9-41(24,30)4)57-40-37(59-39-35(52)33(50)31(48)19(3)56-39)36(27(47)16-54-40)58-38-34(51)32(49)26(46)15-53-38/h17-40,44-52H,6-16H2,1-5H3/t17-,18+,19+,20+,21-,22-,23+,24+,25+,26-,27+,28+,29-,30+,31+,32+,33-,34-,35-,36+,37-,38+,39+,40+,41+,42+,43-/m1/s1. The van der Waals surface area contributed by atoms with E-state index in [1.54, 1.807) is 0 Å². The van der Waals surface area contributed by atoms with Gasteiger partial charge in [-0.1, -0.05) is 27.7 Å². The summed E-state index contributed by atoms with van der Waals surface area (Å²) >= 11 is 0. The van der Waals surface area contributed by atoms with Gasteiger partial charge in [-0.15, -0.1) is 0 Å². The minimum absolute atomic E-state index is 0.0114. The van der Waals surface area contributed by atoms with Crippen molar-refractivity contribution in [3.63, 3.8) is 0 Å². The van der Waals surface area contributed by atoms with Gasteiger partial charge in [-0.25, -0.2) is 0 Å². The van der Waals surface area contributed by atoms with Gasteiger partial charge in [0.1, 0.15) is 54.9 Å². The molecular weight excluding hydrogens is 788 g/mol. The molecule has 17 heteroatoms. The van der Waals surface area contributed by atoms with Crippen LogP contribution in [0.15, 0.2) is 0 Å². The molecule has 0 aromatic carbocycles. The van der Waals surface area contributed by atoms with E-state index >= 15 is 0 Å². The fourth-order valence-electron chi connectivity index (χ4n) is 14.2. The highest BCUT2D eigenvalue weighted by atomic mass is 16.8. The maximum atomic E-state index is 11.4. The Labute approximate surface area is 351 Å². The van der Waals surface area contributed by atoms with Crippen LogP contribution in [0.1, 0.15) is 86.0 Å². The molecule has 9 rings (SSSR count). The van der Waals surface area contributed by atoms with E-state index in [0.717, 1.165) is 32.1 Å². The highest BCUT2D eigenvalue weighted by Crippen LogP contribution is 2.71. The minimum Gasteiger partial charge on any atom is -0.393 e. The van der Waals surface area contributed by atoms with Gasteiger partial charge in [-0.05, 0) is 85.9 Å². The monoisotopic (exact) mass is 858 g/mol. The lowest BCUT2D eigenvalue weighted by atomic mass is 9.43. The summed E-state index contributed by atoms with van der Waals surface area (Å²) < 4.78 is 50.5. The molecule has 0 aromatic rings. The zero-order valence-corrected chi connectivity index (χ0v) is 35.4. The van der Waals surface area contributed by atoms with E-state index in [1.165, 1.54) is 6.92 Å². The molecule has 4 saturated carbocycles. The van der Waals surface area contributed by atoms with Crippen molar-refractivity contribution in [3.8, 4) is 0 Å². The number of aliphatic hydroxyl groups excluding tert-OH is 9. The topological polar surface area (TPSA) is 256 Å². The summed E-state index contributed by atoms with van der Waals surface area (Å²) in [6, 6.07) is 0. The molecular formula is C43H70O17. The van der Waals surface area contributed by atoms with E-state index in [9.17, 15) is 46.0 Å². The number of ether oxygens (including phenoxy) is 8. The van der Waals surface area contributed by atoms with Crippen LogP contribution < -0.4 is 0 Å². The van der Waals surface area contributed by atoms with Gasteiger partial charge < -0.3 is 83.9 Å². The smallest absolute Gasteiger partial charge is 0.187 e. The van der Waals surface area contributed by atoms with Gasteiger partial charge in [0.25, 0.3) is 0 Å². The SMILES string of the molecule is C[C@@H]1CO[C@]2(C[C@@H]1O)O[C@H]1C[C@H]3[C@@H]4CC[C@H]5C[C@@H](O)C[C@@H](O[C@@H]6OC[C@H](O)[C@H](O[C@@H]7OC[C@@H](O)[C@H](O)[C@H]7O)[C@H]6O[C@@H]6O[C@@H](C)[C@H](O)[C@@H](O)[C@H]6O)[C@]5(C)[C@H]4CC[C@]3(C)[C@H]1[C@@H]2C. The maximum absolute atomic E-state index is 11.4.